The number of para-hydroxylation sites is 1. The third kappa shape index (κ3) is 2.83. The van der Waals surface area contributed by atoms with E-state index in [2.05, 4.69) is 44.1 Å². The number of piperidine rings is 2. The molecule has 1 saturated carbocycles. The lowest BCUT2D eigenvalue weighted by molar-refractivity contribution is -0.161. The molecule has 1 aromatic heterocycles. The molecule has 1 aliphatic carbocycles. The molecule has 2 bridgehead atoms. The van der Waals surface area contributed by atoms with Gasteiger partial charge in [0.2, 0.25) is 5.91 Å². The van der Waals surface area contributed by atoms with E-state index in [0.29, 0.717) is 31.6 Å². The molecule has 2 atom stereocenters. The van der Waals surface area contributed by atoms with Crippen LogP contribution in [0.3, 0.4) is 0 Å². The first-order valence-corrected chi connectivity index (χ1v) is 9.98. The molecule has 26 heavy (non-hydrogen) atoms. The van der Waals surface area contributed by atoms with Crippen LogP contribution in [-0.4, -0.2) is 33.5 Å². The molecule has 4 heteroatoms. The number of aromatic nitrogens is 1. The van der Waals surface area contributed by atoms with Crippen LogP contribution in [0.15, 0.2) is 30.5 Å². The zero-order chi connectivity index (χ0) is 18.5. The number of aromatic amines is 1. The summed E-state index contributed by atoms with van der Waals surface area (Å²) in [6, 6.07) is 8.45. The van der Waals surface area contributed by atoms with Crippen LogP contribution in [0.1, 0.15) is 64.4 Å². The van der Waals surface area contributed by atoms with Gasteiger partial charge in [-0.1, -0.05) is 39.0 Å². The predicted octanol–water partition coefficient (Wildman–Crippen LogP) is 5.18. The Hall–Kier alpha value is -1.84. The molecule has 1 aromatic carbocycles. The standard InChI is InChI=1S/C22H29FN2O/c1-4-15-10-22(23)11-16(12-22)25(15)21(26)9-18(14(2)3)19-13-24-20-8-6-5-7-17(19)20/h5-8,13-16,18,24H,4,9-12H2,1-3H3. The predicted molar refractivity (Wildman–Crippen MR) is 103 cm³/mol. The summed E-state index contributed by atoms with van der Waals surface area (Å²) < 4.78 is 14.5. The lowest BCUT2D eigenvalue weighted by atomic mass is 9.67. The van der Waals surface area contributed by atoms with E-state index in [9.17, 15) is 9.18 Å². The molecule has 3 nitrogen and oxygen atoms in total. The van der Waals surface area contributed by atoms with Crippen LogP contribution in [0.25, 0.3) is 10.9 Å². The highest BCUT2D eigenvalue weighted by atomic mass is 19.1. The van der Waals surface area contributed by atoms with Crippen LogP contribution >= 0.6 is 0 Å². The normalized spacial score (nSPS) is 29.0. The first-order chi connectivity index (χ1) is 12.4. The molecule has 3 fully saturated rings. The Kier molecular flexibility index (Phi) is 4.32. The first-order valence-electron chi connectivity index (χ1n) is 9.98. The summed E-state index contributed by atoms with van der Waals surface area (Å²) in [6.07, 6.45) is 5.00. The van der Waals surface area contributed by atoms with Crippen LogP contribution in [0.2, 0.25) is 0 Å². The zero-order valence-electron chi connectivity index (χ0n) is 16.0. The highest BCUT2D eigenvalue weighted by molar-refractivity contribution is 5.85. The van der Waals surface area contributed by atoms with Crippen LogP contribution in [-0.2, 0) is 4.79 Å². The Labute approximate surface area is 155 Å². The average molecular weight is 356 g/mol. The molecule has 3 heterocycles. The Morgan fingerprint density at radius 2 is 2.04 bits per heavy atom. The van der Waals surface area contributed by atoms with Crippen molar-refractivity contribution in [1.29, 1.82) is 0 Å². The quantitative estimate of drug-likeness (QED) is 0.787. The van der Waals surface area contributed by atoms with Gasteiger partial charge in [-0.15, -0.1) is 0 Å². The zero-order valence-corrected chi connectivity index (χ0v) is 16.0. The van der Waals surface area contributed by atoms with Crippen molar-refractivity contribution in [1.82, 2.24) is 9.88 Å². The van der Waals surface area contributed by atoms with Gasteiger partial charge in [-0.05, 0) is 29.9 Å². The highest BCUT2D eigenvalue weighted by Gasteiger charge is 2.56. The van der Waals surface area contributed by atoms with Crippen molar-refractivity contribution in [3.8, 4) is 0 Å². The smallest absolute Gasteiger partial charge is 0.223 e. The molecule has 0 radical (unpaired) electrons. The van der Waals surface area contributed by atoms with Gasteiger partial charge in [0.1, 0.15) is 5.67 Å². The molecule has 2 aromatic rings. The van der Waals surface area contributed by atoms with Crippen LogP contribution < -0.4 is 0 Å². The van der Waals surface area contributed by atoms with Crippen LogP contribution in [0.5, 0.6) is 0 Å². The number of hydrogen-bond acceptors (Lipinski definition) is 1. The van der Waals surface area contributed by atoms with E-state index in [1.165, 1.54) is 10.9 Å². The third-order valence-corrected chi connectivity index (χ3v) is 6.57. The topological polar surface area (TPSA) is 36.1 Å². The number of fused-ring (bicyclic) bond motifs is 3. The van der Waals surface area contributed by atoms with E-state index in [1.54, 1.807) is 0 Å². The lowest BCUT2D eigenvalue weighted by Crippen LogP contribution is -2.65. The molecular weight excluding hydrogens is 327 g/mol. The number of carbonyl (C=O) groups is 1. The van der Waals surface area contributed by atoms with Crippen LogP contribution in [0, 0.1) is 5.92 Å². The molecule has 2 aliphatic heterocycles. The maximum Gasteiger partial charge on any atom is 0.223 e. The summed E-state index contributed by atoms with van der Waals surface area (Å²) in [5.74, 6) is 0.741. The molecule has 1 amide bonds. The Balaban J connectivity index is 1.58. The molecule has 1 N–H and O–H groups in total. The third-order valence-electron chi connectivity index (χ3n) is 6.57. The maximum atomic E-state index is 14.5. The summed E-state index contributed by atoms with van der Waals surface area (Å²) in [4.78, 5) is 18.6. The number of H-pyrrole nitrogens is 1. The van der Waals surface area contributed by atoms with E-state index < -0.39 is 5.67 Å². The van der Waals surface area contributed by atoms with Gasteiger partial charge >= 0.3 is 0 Å². The van der Waals surface area contributed by atoms with Gasteiger partial charge in [-0.2, -0.15) is 0 Å². The average Bonchev–Trinajstić information content (AvgIpc) is 3.01. The van der Waals surface area contributed by atoms with E-state index in [4.69, 9.17) is 0 Å². The number of halogens is 1. The highest BCUT2D eigenvalue weighted by Crippen LogP contribution is 2.50. The van der Waals surface area contributed by atoms with Crippen molar-refractivity contribution in [2.45, 2.75) is 76.5 Å². The molecule has 140 valence electrons. The summed E-state index contributed by atoms with van der Waals surface area (Å²) >= 11 is 0. The second-order valence-electron chi connectivity index (χ2n) is 8.62. The van der Waals surface area contributed by atoms with E-state index in [-0.39, 0.29) is 23.9 Å². The number of hydrogen-bond donors (Lipinski definition) is 1. The number of alkyl halides is 1. The van der Waals surface area contributed by atoms with Crippen LogP contribution in [0.4, 0.5) is 4.39 Å². The monoisotopic (exact) mass is 356 g/mol. The number of amides is 1. The van der Waals surface area contributed by atoms with Gasteiger partial charge in [0.05, 0.1) is 0 Å². The Morgan fingerprint density at radius 1 is 1.31 bits per heavy atom. The summed E-state index contributed by atoms with van der Waals surface area (Å²) in [6.45, 7) is 6.44. The maximum absolute atomic E-state index is 14.5. The van der Waals surface area contributed by atoms with E-state index in [0.717, 1.165) is 11.9 Å². The number of rotatable bonds is 5. The van der Waals surface area contributed by atoms with Gasteiger partial charge in [0.15, 0.2) is 0 Å². The van der Waals surface area contributed by atoms with Crippen molar-refractivity contribution in [2.75, 3.05) is 0 Å². The number of benzene rings is 1. The fraction of sp³-hybridized carbons (Fsp3) is 0.591. The Morgan fingerprint density at radius 3 is 2.73 bits per heavy atom. The fourth-order valence-corrected chi connectivity index (χ4v) is 5.11. The second kappa shape index (κ2) is 6.40. The fourth-order valence-electron chi connectivity index (χ4n) is 5.11. The minimum Gasteiger partial charge on any atom is -0.361 e. The number of carbonyl (C=O) groups excluding carboxylic acids is 1. The second-order valence-corrected chi connectivity index (χ2v) is 8.62. The van der Waals surface area contributed by atoms with Crippen molar-refractivity contribution in [2.24, 2.45) is 5.92 Å². The van der Waals surface area contributed by atoms with Gasteiger partial charge in [0.25, 0.3) is 0 Å². The number of nitrogens with one attached hydrogen (secondary N) is 1. The lowest BCUT2D eigenvalue weighted by Gasteiger charge is -2.57. The van der Waals surface area contributed by atoms with E-state index in [1.807, 2.05) is 17.0 Å². The van der Waals surface area contributed by atoms with Crippen molar-refractivity contribution in [3.63, 3.8) is 0 Å². The van der Waals surface area contributed by atoms with Gasteiger partial charge in [-0.3, -0.25) is 4.79 Å². The first kappa shape index (κ1) is 17.6. The van der Waals surface area contributed by atoms with Gasteiger partial charge < -0.3 is 9.88 Å². The van der Waals surface area contributed by atoms with E-state index >= 15 is 0 Å². The van der Waals surface area contributed by atoms with Crippen molar-refractivity contribution in [3.05, 3.63) is 36.0 Å². The summed E-state index contributed by atoms with van der Waals surface area (Å²) in [5, 5.41) is 1.20. The van der Waals surface area contributed by atoms with Gasteiger partial charge in [0, 0.05) is 54.9 Å². The summed E-state index contributed by atoms with van der Waals surface area (Å²) in [5.41, 5.74) is 1.34. The number of nitrogens with zero attached hydrogens (tertiary/aromatic N) is 1. The largest absolute Gasteiger partial charge is 0.361 e. The molecule has 3 aliphatic rings. The molecular formula is C22H29FN2O. The minimum absolute atomic E-state index is 0.0655. The molecule has 5 rings (SSSR count). The molecule has 0 spiro atoms. The Bertz CT molecular complexity index is 805. The van der Waals surface area contributed by atoms with Crippen molar-refractivity contribution < 1.29 is 9.18 Å². The SMILES string of the molecule is CCC1CC2(F)CC(C2)N1C(=O)CC(c1c[nH]c2ccccc12)C(C)C. The molecule has 2 unspecified atom stereocenters. The summed E-state index contributed by atoms with van der Waals surface area (Å²) in [7, 11) is 0. The molecule has 2 saturated heterocycles. The van der Waals surface area contributed by atoms with Gasteiger partial charge in [-0.25, -0.2) is 4.39 Å². The minimum atomic E-state index is -1.00. The van der Waals surface area contributed by atoms with Crippen molar-refractivity contribution >= 4 is 16.8 Å².